The molecule has 0 bridgehead atoms. The number of pyridine rings is 1. The van der Waals surface area contributed by atoms with Crippen LogP contribution in [0.15, 0.2) is 42.6 Å². The van der Waals surface area contributed by atoms with Crippen LogP contribution in [-0.4, -0.2) is 28.4 Å². The van der Waals surface area contributed by atoms with Crippen molar-refractivity contribution in [2.75, 3.05) is 11.9 Å². The van der Waals surface area contributed by atoms with Crippen molar-refractivity contribution in [1.82, 2.24) is 9.88 Å². The van der Waals surface area contributed by atoms with Crippen molar-refractivity contribution in [2.24, 2.45) is 0 Å². The summed E-state index contributed by atoms with van der Waals surface area (Å²) in [6.45, 7) is 0.621. The molecule has 0 atom stereocenters. The Morgan fingerprint density at radius 2 is 2.09 bits per heavy atom. The first-order valence-electron chi connectivity index (χ1n) is 7.51. The summed E-state index contributed by atoms with van der Waals surface area (Å²) in [4.78, 5) is 18.2. The highest BCUT2D eigenvalue weighted by molar-refractivity contribution is 6.32. The molecule has 0 saturated heterocycles. The molecule has 1 heterocycles. The number of benzene rings is 1. The van der Waals surface area contributed by atoms with Crippen LogP contribution >= 0.6 is 11.6 Å². The van der Waals surface area contributed by atoms with Crippen LogP contribution in [0.3, 0.4) is 0 Å². The molecule has 120 valence electrons. The lowest BCUT2D eigenvalue weighted by Crippen LogP contribution is -2.34. The first-order chi connectivity index (χ1) is 11.1. The molecule has 0 radical (unpaired) electrons. The monoisotopic (exact) mass is 333 g/mol. The van der Waals surface area contributed by atoms with E-state index in [0.29, 0.717) is 23.8 Å². The van der Waals surface area contributed by atoms with E-state index in [1.165, 1.54) is 6.07 Å². The molecule has 0 aliphatic heterocycles. The first-order valence-corrected chi connectivity index (χ1v) is 7.89. The second kappa shape index (κ2) is 7.06. The third-order valence-electron chi connectivity index (χ3n) is 3.77. The molecule has 1 aliphatic rings. The smallest absolute Gasteiger partial charge is 0.238 e. The van der Waals surface area contributed by atoms with Gasteiger partial charge in [0.2, 0.25) is 5.91 Å². The van der Waals surface area contributed by atoms with Crippen molar-refractivity contribution in [3.8, 4) is 0 Å². The number of anilines is 1. The standard InChI is InChI=1S/C17H17ClFN3O/c18-17-15(6-3-9-20-17)21-16(23)11-22(13-7-8-13)10-12-4-1-2-5-14(12)19/h1-6,9,13H,7-8,10-11H2,(H,21,23). The summed E-state index contributed by atoms with van der Waals surface area (Å²) < 4.78 is 13.8. The molecule has 1 N–H and O–H groups in total. The summed E-state index contributed by atoms with van der Waals surface area (Å²) in [7, 11) is 0. The van der Waals surface area contributed by atoms with Gasteiger partial charge >= 0.3 is 0 Å². The van der Waals surface area contributed by atoms with Gasteiger partial charge in [0.05, 0.1) is 12.2 Å². The zero-order valence-corrected chi connectivity index (χ0v) is 13.3. The Morgan fingerprint density at radius 3 is 2.78 bits per heavy atom. The summed E-state index contributed by atoms with van der Waals surface area (Å²) in [5.74, 6) is -0.419. The van der Waals surface area contributed by atoms with Crippen molar-refractivity contribution in [2.45, 2.75) is 25.4 Å². The second-order valence-electron chi connectivity index (χ2n) is 5.62. The van der Waals surface area contributed by atoms with Gasteiger partial charge in [-0.3, -0.25) is 9.69 Å². The molecule has 1 aromatic carbocycles. The van der Waals surface area contributed by atoms with Crippen LogP contribution in [-0.2, 0) is 11.3 Å². The van der Waals surface area contributed by atoms with E-state index in [1.807, 2.05) is 4.90 Å². The third-order valence-corrected chi connectivity index (χ3v) is 4.08. The molecule has 6 heteroatoms. The second-order valence-corrected chi connectivity index (χ2v) is 5.98. The van der Waals surface area contributed by atoms with E-state index in [9.17, 15) is 9.18 Å². The number of amides is 1. The SMILES string of the molecule is O=C(CN(Cc1ccccc1F)C1CC1)Nc1cccnc1Cl. The van der Waals surface area contributed by atoms with Crippen LogP contribution in [0.4, 0.5) is 10.1 Å². The topological polar surface area (TPSA) is 45.2 Å². The molecular formula is C17H17ClFN3O. The molecule has 1 aromatic heterocycles. The lowest BCUT2D eigenvalue weighted by atomic mass is 10.2. The molecule has 0 unspecified atom stereocenters. The minimum absolute atomic E-state index is 0.178. The molecule has 1 fully saturated rings. The number of halogens is 2. The molecule has 1 amide bonds. The Labute approximate surface area is 139 Å². The van der Waals surface area contributed by atoms with Crippen LogP contribution in [0.2, 0.25) is 5.15 Å². The fourth-order valence-electron chi connectivity index (χ4n) is 2.45. The maximum atomic E-state index is 13.8. The van der Waals surface area contributed by atoms with Gasteiger partial charge in [0.15, 0.2) is 5.15 Å². The minimum atomic E-state index is -0.242. The van der Waals surface area contributed by atoms with E-state index in [1.54, 1.807) is 36.5 Å². The highest BCUT2D eigenvalue weighted by Gasteiger charge is 2.30. The highest BCUT2D eigenvalue weighted by atomic mass is 35.5. The summed E-state index contributed by atoms with van der Waals surface area (Å²) >= 11 is 5.94. The molecule has 23 heavy (non-hydrogen) atoms. The molecular weight excluding hydrogens is 317 g/mol. The maximum Gasteiger partial charge on any atom is 0.238 e. The summed E-state index contributed by atoms with van der Waals surface area (Å²) in [5.41, 5.74) is 1.09. The van der Waals surface area contributed by atoms with Crippen LogP contribution in [0.1, 0.15) is 18.4 Å². The van der Waals surface area contributed by atoms with E-state index in [4.69, 9.17) is 11.6 Å². The molecule has 3 rings (SSSR count). The zero-order valence-electron chi connectivity index (χ0n) is 12.5. The van der Waals surface area contributed by atoms with Crippen molar-refractivity contribution in [3.63, 3.8) is 0 Å². The Balaban J connectivity index is 1.65. The van der Waals surface area contributed by atoms with Crippen molar-refractivity contribution >= 4 is 23.2 Å². The molecule has 1 saturated carbocycles. The lowest BCUT2D eigenvalue weighted by Gasteiger charge is -2.21. The minimum Gasteiger partial charge on any atom is -0.322 e. The van der Waals surface area contributed by atoms with Crippen LogP contribution < -0.4 is 5.32 Å². The third kappa shape index (κ3) is 4.27. The van der Waals surface area contributed by atoms with Crippen LogP contribution in [0, 0.1) is 5.82 Å². The number of hydrogen-bond acceptors (Lipinski definition) is 3. The van der Waals surface area contributed by atoms with Gasteiger partial charge in [-0.25, -0.2) is 9.37 Å². The van der Waals surface area contributed by atoms with Gasteiger partial charge in [-0.05, 0) is 31.0 Å². The molecule has 2 aromatic rings. The van der Waals surface area contributed by atoms with Crippen molar-refractivity contribution < 1.29 is 9.18 Å². The van der Waals surface area contributed by atoms with Gasteiger partial charge in [0, 0.05) is 24.3 Å². The number of carbonyl (C=O) groups excluding carboxylic acids is 1. The summed E-state index contributed by atoms with van der Waals surface area (Å²) in [5, 5.41) is 3.01. The van der Waals surface area contributed by atoms with Gasteiger partial charge in [0.1, 0.15) is 5.82 Å². The zero-order chi connectivity index (χ0) is 16.2. The predicted octanol–water partition coefficient (Wildman–Crippen LogP) is 3.48. The van der Waals surface area contributed by atoms with Gasteiger partial charge in [-0.15, -0.1) is 0 Å². The fourth-order valence-corrected chi connectivity index (χ4v) is 2.62. The number of nitrogens with zero attached hydrogens (tertiary/aromatic N) is 2. The van der Waals surface area contributed by atoms with Gasteiger partial charge in [-0.2, -0.15) is 0 Å². The first kappa shape index (κ1) is 15.9. The van der Waals surface area contributed by atoms with Crippen molar-refractivity contribution in [3.05, 3.63) is 59.1 Å². The van der Waals surface area contributed by atoms with Crippen LogP contribution in [0.25, 0.3) is 0 Å². The van der Waals surface area contributed by atoms with Gasteiger partial charge in [0.25, 0.3) is 0 Å². The normalized spacial score (nSPS) is 14.0. The number of nitrogens with one attached hydrogen (secondary N) is 1. The lowest BCUT2D eigenvalue weighted by molar-refractivity contribution is -0.117. The Morgan fingerprint density at radius 1 is 1.30 bits per heavy atom. The fraction of sp³-hybridized carbons (Fsp3) is 0.294. The number of hydrogen-bond donors (Lipinski definition) is 1. The average Bonchev–Trinajstić information content (AvgIpc) is 3.36. The average molecular weight is 334 g/mol. The Kier molecular flexibility index (Phi) is 4.88. The van der Waals surface area contributed by atoms with E-state index >= 15 is 0 Å². The Bertz CT molecular complexity index is 706. The predicted molar refractivity (Wildman–Crippen MR) is 87.7 cm³/mol. The van der Waals surface area contributed by atoms with Crippen LogP contribution in [0.5, 0.6) is 0 Å². The van der Waals surface area contributed by atoms with E-state index in [2.05, 4.69) is 10.3 Å². The Hall–Kier alpha value is -1.98. The largest absolute Gasteiger partial charge is 0.322 e. The van der Waals surface area contributed by atoms with E-state index < -0.39 is 0 Å². The highest BCUT2D eigenvalue weighted by Crippen LogP contribution is 2.28. The molecule has 4 nitrogen and oxygen atoms in total. The number of carbonyl (C=O) groups is 1. The molecule has 1 aliphatic carbocycles. The van der Waals surface area contributed by atoms with E-state index in [-0.39, 0.29) is 23.4 Å². The quantitative estimate of drug-likeness (QED) is 0.823. The van der Waals surface area contributed by atoms with Gasteiger partial charge in [-0.1, -0.05) is 29.8 Å². The number of aromatic nitrogens is 1. The summed E-state index contributed by atoms with van der Waals surface area (Å²) in [6.07, 6.45) is 3.64. The number of rotatable bonds is 6. The van der Waals surface area contributed by atoms with E-state index in [0.717, 1.165) is 12.8 Å². The maximum absolute atomic E-state index is 13.8. The van der Waals surface area contributed by atoms with Crippen molar-refractivity contribution in [1.29, 1.82) is 0 Å². The summed E-state index contributed by atoms with van der Waals surface area (Å²) in [6, 6.07) is 10.4. The molecule has 0 spiro atoms. The van der Waals surface area contributed by atoms with Gasteiger partial charge < -0.3 is 5.32 Å².